The number of carbonyl (C=O) groups is 5. The SMILES string of the molecule is COc1ccc(CNCCF)cc1-c1ccc(O)c2c1C[C@H]1C[C@H]3[C@H](N(C)C)C(=O)C(C(N)=O)C(=O)[C@@]3(O)C(=O)C1C2=O. The zero-order chi connectivity index (χ0) is 31.4. The van der Waals surface area contributed by atoms with E-state index >= 15 is 0 Å². The van der Waals surface area contributed by atoms with Crippen molar-refractivity contribution in [3.05, 3.63) is 47.0 Å². The van der Waals surface area contributed by atoms with E-state index in [4.69, 9.17) is 10.5 Å². The number of carbonyl (C=O) groups excluding carboxylic acids is 5. The zero-order valence-corrected chi connectivity index (χ0v) is 24.1. The standard InChI is InChI=1S/C31H34FN3O8/c1-35(2)25-19-12-15-11-18-16(17-10-14(13-34-9-8-32)4-7-21(17)43-3)5-6-20(36)23(18)26(37)22(15)28(39)31(19,42)29(40)24(27(25)38)30(33)41/h4-7,10,15,19,22,24-25,34,36,42H,8-9,11-13H2,1-3H3,(H2,33,41)/t15-,19-,22?,24?,25-,31-/m0/s1. The lowest BCUT2D eigenvalue weighted by atomic mass is 9.52. The maximum absolute atomic E-state index is 14.0. The van der Waals surface area contributed by atoms with Crippen molar-refractivity contribution in [2.75, 3.05) is 34.4 Å². The van der Waals surface area contributed by atoms with Crippen LogP contribution in [0.25, 0.3) is 11.1 Å². The Morgan fingerprint density at radius 2 is 1.86 bits per heavy atom. The van der Waals surface area contributed by atoms with Crippen molar-refractivity contribution in [3.8, 4) is 22.6 Å². The number of Topliss-reactive ketones (excluding diaryl/α,β-unsaturated/α-hetero) is 4. The van der Waals surface area contributed by atoms with E-state index in [9.17, 15) is 38.6 Å². The fourth-order valence-electron chi connectivity index (χ4n) is 7.23. The number of benzene rings is 2. The number of phenolic OH excluding ortho intramolecular Hbond substituents is 1. The maximum atomic E-state index is 14.0. The van der Waals surface area contributed by atoms with Crippen molar-refractivity contribution >= 4 is 29.0 Å². The van der Waals surface area contributed by atoms with Crippen molar-refractivity contribution in [1.82, 2.24) is 10.2 Å². The van der Waals surface area contributed by atoms with Gasteiger partial charge in [0, 0.05) is 24.6 Å². The van der Waals surface area contributed by atoms with Crippen LogP contribution in [0.2, 0.25) is 0 Å². The fraction of sp³-hybridized carbons (Fsp3) is 0.452. The average molecular weight is 596 g/mol. The number of aliphatic hydroxyl groups is 1. The van der Waals surface area contributed by atoms with E-state index in [-0.39, 0.29) is 30.7 Å². The van der Waals surface area contributed by atoms with Crippen LogP contribution in [0.1, 0.15) is 27.9 Å². The summed E-state index contributed by atoms with van der Waals surface area (Å²) in [6, 6.07) is 7.20. The van der Waals surface area contributed by atoms with Crippen molar-refractivity contribution in [3.63, 3.8) is 0 Å². The molecule has 2 unspecified atom stereocenters. The van der Waals surface area contributed by atoms with Gasteiger partial charge in [0.05, 0.1) is 24.6 Å². The number of hydrogen-bond acceptors (Lipinski definition) is 10. The van der Waals surface area contributed by atoms with Crippen molar-refractivity contribution in [1.29, 1.82) is 0 Å². The van der Waals surface area contributed by atoms with Gasteiger partial charge in [-0.15, -0.1) is 0 Å². The normalized spacial score (nSPS) is 28.4. The number of primary amides is 1. The van der Waals surface area contributed by atoms with Gasteiger partial charge in [0.1, 0.15) is 18.2 Å². The Morgan fingerprint density at radius 3 is 2.49 bits per heavy atom. The summed E-state index contributed by atoms with van der Waals surface area (Å²) in [5.74, 6) is -10.6. The van der Waals surface area contributed by atoms with E-state index < -0.39 is 71.0 Å². The van der Waals surface area contributed by atoms with Gasteiger partial charge in [-0.1, -0.05) is 12.1 Å². The highest BCUT2D eigenvalue weighted by Crippen LogP contribution is 2.52. The fourth-order valence-corrected chi connectivity index (χ4v) is 7.23. The third-order valence-electron chi connectivity index (χ3n) is 9.10. The molecule has 2 fully saturated rings. The molecule has 0 spiro atoms. The minimum Gasteiger partial charge on any atom is -0.507 e. The quantitative estimate of drug-likeness (QED) is 0.250. The first kappa shape index (κ1) is 30.5. The highest BCUT2D eigenvalue weighted by atomic mass is 19.1. The van der Waals surface area contributed by atoms with E-state index in [0.29, 0.717) is 29.0 Å². The van der Waals surface area contributed by atoms with Gasteiger partial charge in [-0.25, -0.2) is 4.39 Å². The smallest absolute Gasteiger partial charge is 0.235 e. The second kappa shape index (κ2) is 11.3. The molecule has 43 heavy (non-hydrogen) atoms. The van der Waals surface area contributed by atoms with Gasteiger partial charge < -0.3 is 26.0 Å². The van der Waals surface area contributed by atoms with Crippen LogP contribution >= 0.6 is 0 Å². The van der Waals surface area contributed by atoms with Gasteiger partial charge in [-0.3, -0.25) is 28.9 Å². The predicted octanol–water partition coefficient (Wildman–Crippen LogP) is 0.602. The largest absolute Gasteiger partial charge is 0.507 e. The molecule has 0 aromatic heterocycles. The number of aromatic hydroxyl groups is 1. The minimum atomic E-state index is -2.78. The third kappa shape index (κ3) is 4.64. The van der Waals surface area contributed by atoms with Crippen molar-refractivity contribution in [2.45, 2.75) is 31.0 Å². The van der Waals surface area contributed by atoms with Crippen molar-refractivity contribution in [2.24, 2.45) is 29.4 Å². The number of nitrogens with one attached hydrogen (secondary N) is 1. The van der Waals surface area contributed by atoms with Crippen LogP contribution in [-0.2, 0) is 32.1 Å². The molecular weight excluding hydrogens is 561 g/mol. The Morgan fingerprint density at radius 1 is 1.14 bits per heavy atom. The third-order valence-corrected chi connectivity index (χ3v) is 9.10. The molecule has 12 heteroatoms. The molecule has 228 valence electrons. The lowest BCUT2D eigenvalue weighted by Crippen LogP contribution is -2.74. The lowest BCUT2D eigenvalue weighted by molar-refractivity contribution is -0.181. The molecule has 0 heterocycles. The molecule has 3 aliphatic rings. The number of nitrogens with two attached hydrogens (primary N) is 1. The first-order valence-electron chi connectivity index (χ1n) is 14.0. The number of alkyl halides is 1. The van der Waals surface area contributed by atoms with Gasteiger partial charge in [0.2, 0.25) is 5.91 Å². The first-order valence-corrected chi connectivity index (χ1v) is 14.0. The molecule has 1 amide bonds. The van der Waals surface area contributed by atoms with E-state index in [1.165, 1.54) is 32.2 Å². The molecule has 2 aromatic rings. The summed E-state index contributed by atoms with van der Waals surface area (Å²) in [5, 5.41) is 25.6. The average Bonchev–Trinajstić information content (AvgIpc) is 2.95. The molecule has 5 rings (SSSR count). The summed E-state index contributed by atoms with van der Waals surface area (Å²) in [6.07, 6.45) is 0.0619. The van der Waals surface area contributed by atoms with Gasteiger partial charge in [-0.05, 0) is 67.7 Å². The van der Waals surface area contributed by atoms with Crippen LogP contribution < -0.4 is 15.8 Å². The predicted molar refractivity (Wildman–Crippen MR) is 151 cm³/mol. The maximum Gasteiger partial charge on any atom is 0.235 e. The van der Waals surface area contributed by atoms with Crippen LogP contribution in [0.15, 0.2) is 30.3 Å². The summed E-state index contributed by atoms with van der Waals surface area (Å²) in [5.41, 5.74) is 4.95. The number of nitrogens with zero attached hydrogens (tertiary/aromatic N) is 1. The van der Waals surface area contributed by atoms with Gasteiger partial charge in [0.25, 0.3) is 0 Å². The molecule has 0 radical (unpaired) electrons. The number of fused-ring (bicyclic) bond motifs is 3. The number of rotatable bonds is 8. The molecule has 6 atom stereocenters. The Bertz CT molecular complexity index is 1540. The minimum absolute atomic E-state index is 0.0523. The lowest BCUT2D eigenvalue weighted by Gasteiger charge is -2.52. The molecule has 2 saturated carbocycles. The van der Waals surface area contributed by atoms with Crippen LogP contribution in [0.4, 0.5) is 4.39 Å². The number of amides is 1. The summed E-state index contributed by atoms with van der Waals surface area (Å²) in [7, 11) is 4.56. The second-order valence-corrected chi connectivity index (χ2v) is 11.7. The monoisotopic (exact) mass is 595 g/mol. The van der Waals surface area contributed by atoms with Crippen LogP contribution in [-0.4, -0.2) is 90.2 Å². The van der Waals surface area contributed by atoms with Gasteiger partial charge in [-0.2, -0.15) is 0 Å². The number of likely N-dealkylation sites (N-methyl/N-ethyl adjacent to an activating group) is 1. The number of ketones is 4. The Hall–Kier alpha value is -4.00. The summed E-state index contributed by atoms with van der Waals surface area (Å²) in [6.45, 7) is 0.0249. The van der Waals surface area contributed by atoms with Gasteiger partial charge in [0.15, 0.2) is 34.7 Å². The number of methoxy groups -OCH3 is 1. The number of phenols is 1. The van der Waals surface area contributed by atoms with E-state index in [1.807, 2.05) is 12.1 Å². The second-order valence-electron chi connectivity index (χ2n) is 11.7. The Kier molecular flexibility index (Phi) is 7.97. The molecule has 11 nitrogen and oxygen atoms in total. The number of halogens is 1. The van der Waals surface area contributed by atoms with E-state index in [1.54, 1.807) is 12.1 Å². The van der Waals surface area contributed by atoms with Crippen molar-refractivity contribution < 1.29 is 43.3 Å². The molecule has 3 aliphatic carbocycles. The number of ether oxygens (including phenoxy) is 1. The Labute approximate surface area is 247 Å². The molecule has 0 bridgehead atoms. The topological polar surface area (TPSA) is 176 Å². The molecular formula is C31H34FN3O8. The van der Waals surface area contributed by atoms with E-state index in [0.717, 1.165) is 5.56 Å². The highest BCUT2D eigenvalue weighted by molar-refractivity contribution is 6.32. The van der Waals surface area contributed by atoms with Gasteiger partial charge >= 0.3 is 0 Å². The summed E-state index contributed by atoms with van der Waals surface area (Å²) in [4.78, 5) is 68.4. The highest BCUT2D eigenvalue weighted by Gasteiger charge is 2.69. The number of hydrogen-bond donors (Lipinski definition) is 4. The zero-order valence-electron chi connectivity index (χ0n) is 24.1. The molecule has 0 saturated heterocycles. The Balaban J connectivity index is 1.63. The summed E-state index contributed by atoms with van der Waals surface area (Å²) < 4.78 is 18.2. The van der Waals surface area contributed by atoms with E-state index in [2.05, 4.69) is 5.32 Å². The molecule has 2 aromatic carbocycles. The van der Waals surface area contributed by atoms with Crippen LogP contribution in [0.5, 0.6) is 11.5 Å². The molecule has 5 N–H and O–H groups in total. The summed E-state index contributed by atoms with van der Waals surface area (Å²) >= 11 is 0. The molecule has 0 aliphatic heterocycles. The van der Waals surface area contributed by atoms with Crippen LogP contribution in [0.3, 0.4) is 0 Å². The van der Waals surface area contributed by atoms with Crippen LogP contribution in [0, 0.1) is 23.7 Å². The first-order chi connectivity index (χ1) is 20.4.